The summed E-state index contributed by atoms with van der Waals surface area (Å²) in [5, 5.41) is 8.87. The minimum Gasteiger partial charge on any atom is -0.334 e. The fourth-order valence-electron chi connectivity index (χ4n) is 2.52. The Morgan fingerprint density at radius 2 is 2.05 bits per heavy atom. The lowest BCUT2D eigenvalue weighted by Gasteiger charge is -2.15. The lowest BCUT2D eigenvalue weighted by molar-refractivity contribution is 0.0775. The van der Waals surface area contributed by atoms with E-state index in [-0.39, 0.29) is 5.91 Å². The number of amides is 1. The van der Waals surface area contributed by atoms with E-state index < -0.39 is 0 Å². The maximum atomic E-state index is 12.2. The maximum Gasteiger partial charge on any atom is 0.254 e. The number of hydrogen-bond donors (Lipinski definition) is 0. The molecule has 0 aliphatic carbocycles. The first-order chi connectivity index (χ1) is 9.26. The third-order valence-electron chi connectivity index (χ3n) is 3.65. The van der Waals surface area contributed by atoms with Crippen molar-refractivity contribution in [1.82, 2.24) is 4.90 Å². The molecule has 1 aliphatic rings. The van der Waals surface area contributed by atoms with Gasteiger partial charge in [0.2, 0.25) is 0 Å². The zero-order valence-corrected chi connectivity index (χ0v) is 11.5. The third-order valence-corrected chi connectivity index (χ3v) is 3.65. The molecular weight excluding hydrogens is 236 g/mol. The van der Waals surface area contributed by atoms with Crippen molar-refractivity contribution in [1.29, 1.82) is 5.26 Å². The van der Waals surface area contributed by atoms with Crippen molar-refractivity contribution in [3.8, 4) is 6.07 Å². The lowest BCUT2D eigenvalue weighted by Crippen LogP contribution is -2.24. The van der Waals surface area contributed by atoms with Crippen LogP contribution in [0.4, 0.5) is 0 Å². The van der Waals surface area contributed by atoms with Gasteiger partial charge >= 0.3 is 0 Å². The number of rotatable bonds is 6. The molecule has 19 heavy (non-hydrogen) atoms. The van der Waals surface area contributed by atoms with E-state index >= 15 is 0 Å². The zero-order chi connectivity index (χ0) is 13.7. The number of carbonyl (C=O) groups excluding carboxylic acids is 1. The molecule has 0 unspecified atom stereocenters. The summed E-state index contributed by atoms with van der Waals surface area (Å²) in [7, 11) is 0. The molecule has 0 spiro atoms. The smallest absolute Gasteiger partial charge is 0.254 e. The SMILES string of the molecule is CCCCCCCN1Cc2ccc(C#N)cc2C1=O. The van der Waals surface area contributed by atoms with E-state index in [1.807, 2.05) is 11.0 Å². The van der Waals surface area contributed by atoms with Gasteiger partial charge < -0.3 is 4.90 Å². The van der Waals surface area contributed by atoms with Crippen molar-refractivity contribution >= 4 is 5.91 Å². The van der Waals surface area contributed by atoms with E-state index in [2.05, 4.69) is 13.0 Å². The molecule has 0 saturated carbocycles. The van der Waals surface area contributed by atoms with Gasteiger partial charge in [-0.3, -0.25) is 4.79 Å². The number of nitriles is 1. The molecule has 100 valence electrons. The van der Waals surface area contributed by atoms with E-state index in [4.69, 9.17) is 5.26 Å². The molecule has 1 aliphatic heterocycles. The van der Waals surface area contributed by atoms with Gasteiger partial charge in [0, 0.05) is 18.7 Å². The highest BCUT2D eigenvalue weighted by molar-refractivity contribution is 5.98. The van der Waals surface area contributed by atoms with Gasteiger partial charge in [-0.05, 0) is 24.1 Å². The number of hydrogen-bond acceptors (Lipinski definition) is 2. The van der Waals surface area contributed by atoms with Crippen molar-refractivity contribution in [2.24, 2.45) is 0 Å². The molecule has 0 aromatic heterocycles. The summed E-state index contributed by atoms with van der Waals surface area (Å²) in [5.41, 5.74) is 2.34. The van der Waals surface area contributed by atoms with Crippen LogP contribution in [0.25, 0.3) is 0 Å². The Hall–Kier alpha value is -1.82. The van der Waals surface area contributed by atoms with Gasteiger partial charge in [-0.15, -0.1) is 0 Å². The first-order valence-corrected chi connectivity index (χ1v) is 7.08. The van der Waals surface area contributed by atoms with Gasteiger partial charge in [-0.2, -0.15) is 5.26 Å². The quantitative estimate of drug-likeness (QED) is 0.731. The predicted molar refractivity (Wildman–Crippen MR) is 74.7 cm³/mol. The Kier molecular flexibility index (Phi) is 4.57. The lowest BCUT2D eigenvalue weighted by atomic mass is 10.1. The van der Waals surface area contributed by atoms with Crippen LogP contribution in [0.3, 0.4) is 0 Å². The van der Waals surface area contributed by atoms with Crippen molar-refractivity contribution in [2.75, 3.05) is 6.54 Å². The molecule has 1 heterocycles. The van der Waals surface area contributed by atoms with Crippen molar-refractivity contribution in [3.63, 3.8) is 0 Å². The van der Waals surface area contributed by atoms with E-state index in [9.17, 15) is 4.79 Å². The third kappa shape index (κ3) is 3.14. The molecule has 0 saturated heterocycles. The molecule has 0 N–H and O–H groups in total. The topological polar surface area (TPSA) is 44.1 Å². The van der Waals surface area contributed by atoms with Crippen LogP contribution in [-0.2, 0) is 6.54 Å². The first-order valence-electron chi connectivity index (χ1n) is 7.08. The van der Waals surface area contributed by atoms with E-state index in [1.165, 1.54) is 25.7 Å². The largest absolute Gasteiger partial charge is 0.334 e. The summed E-state index contributed by atoms with van der Waals surface area (Å²) in [5.74, 6) is 0.0857. The van der Waals surface area contributed by atoms with Crippen LogP contribution in [0.1, 0.15) is 60.5 Å². The van der Waals surface area contributed by atoms with E-state index in [0.717, 1.165) is 18.5 Å². The molecule has 2 rings (SSSR count). The average Bonchev–Trinajstić information content (AvgIpc) is 2.75. The molecule has 1 aromatic carbocycles. The van der Waals surface area contributed by atoms with Gasteiger partial charge in [0.15, 0.2) is 0 Å². The minimum atomic E-state index is 0.0857. The fourth-order valence-corrected chi connectivity index (χ4v) is 2.52. The summed E-state index contributed by atoms with van der Waals surface area (Å²) in [6.07, 6.45) is 6.04. The van der Waals surface area contributed by atoms with Gasteiger partial charge in [0.05, 0.1) is 11.6 Å². The summed E-state index contributed by atoms with van der Waals surface area (Å²) in [6.45, 7) is 3.74. The Morgan fingerprint density at radius 3 is 2.79 bits per heavy atom. The van der Waals surface area contributed by atoms with Crippen LogP contribution >= 0.6 is 0 Å². The summed E-state index contributed by atoms with van der Waals surface area (Å²) >= 11 is 0. The standard InChI is InChI=1S/C16H20N2O/c1-2-3-4-5-6-9-18-12-14-8-7-13(11-17)10-15(14)16(18)19/h7-8,10H,2-6,9,12H2,1H3. The summed E-state index contributed by atoms with van der Waals surface area (Å²) in [6, 6.07) is 7.50. The highest BCUT2D eigenvalue weighted by Gasteiger charge is 2.26. The van der Waals surface area contributed by atoms with Crippen molar-refractivity contribution in [2.45, 2.75) is 45.6 Å². The Balaban J connectivity index is 1.90. The first kappa shape index (κ1) is 13.6. The monoisotopic (exact) mass is 256 g/mol. The molecule has 3 nitrogen and oxygen atoms in total. The molecule has 1 amide bonds. The summed E-state index contributed by atoms with van der Waals surface area (Å²) in [4.78, 5) is 14.1. The molecule has 0 radical (unpaired) electrons. The van der Waals surface area contributed by atoms with Crippen molar-refractivity contribution < 1.29 is 4.79 Å². The second kappa shape index (κ2) is 6.38. The highest BCUT2D eigenvalue weighted by Crippen LogP contribution is 2.24. The Bertz CT molecular complexity index is 502. The Labute approximate surface area is 114 Å². The number of fused-ring (bicyclic) bond motifs is 1. The van der Waals surface area contributed by atoms with E-state index in [0.29, 0.717) is 17.7 Å². The molecule has 0 atom stereocenters. The molecular formula is C16H20N2O. The van der Waals surface area contributed by atoms with Crippen LogP contribution in [0, 0.1) is 11.3 Å². The zero-order valence-electron chi connectivity index (χ0n) is 11.5. The van der Waals surface area contributed by atoms with Crippen LogP contribution in [0.15, 0.2) is 18.2 Å². The fraction of sp³-hybridized carbons (Fsp3) is 0.500. The molecule has 0 fully saturated rings. The summed E-state index contributed by atoms with van der Waals surface area (Å²) < 4.78 is 0. The number of carbonyl (C=O) groups is 1. The van der Waals surface area contributed by atoms with Gasteiger partial charge in [-0.1, -0.05) is 38.7 Å². The van der Waals surface area contributed by atoms with Gasteiger partial charge in [0.1, 0.15) is 0 Å². The number of unbranched alkanes of at least 4 members (excludes halogenated alkanes) is 4. The van der Waals surface area contributed by atoms with Crippen LogP contribution in [0.2, 0.25) is 0 Å². The number of benzene rings is 1. The van der Waals surface area contributed by atoms with Crippen LogP contribution in [-0.4, -0.2) is 17.4 Å². The molecule has 3 heteroatoms. The number of nitrogens with zero attached hydrogens (tertiary/aromatic N) is 2. The second-order valence-electron chi connectivity index (χ2n) is 5.12. The minimum absolute atomic E-state index is 0.0857. The Morgan fingerprint density at radius 1 is 1.26 bits per heavy atom. The van der Waals surface area contributed by atoms with Crippen LogP contribution in [0.5, 0.6) is 0 Å². The highest BCUT2D eigenvalue weighted by atomic mass is 16.2. The average molecular weight is 256 g/mol. The molecule has 1 aromatic rings. The van der Waals surface area contributed by atoms with Gasteiger partial charge in [-0.25, -0.2) is 0 Å². The van der Waals surface area contributed by atoms with Gasteiger partial charge in [0.25, 0.3) is 5.91 Å². The second-order valence-corrected chi connectivity index (χ2v) is 5.12. The van der Waals surface area contributed by atoms with E-state index in [1.54, 1.807) is 12.1 Å². The molecule has 0 bridgehead atoms. The normalized spacial score (nSPS) is 13.5. The van der Waals surface area contributed by atoms with Crippen molar-refractivity contribution in [3.05, 3.63) is 34.9 Å². The predicted octanol–water partition coefficient (Wildman–Crippen LogP) is 3.48. The van der Waals surface area contributed by atoms with Crippen LogP contribution < -0.4 is 0 Å². The maximum absolute atomic E-state index is 12.2.